The summed E-state index contributed by atoms with van der Waals surface area (Å²) in [6.45, 7) is 0. The van der Waals surface area contributed by atoms with Crippen LogP contribution >= 0.6 is 0 Å². The quantitative estimate of drug-likeness (QED) is 0.161. The Morgan fingerprint density at radius 3 is 2.00 bits per heavy atom. The number of hydrazine groups is 1. The van der Waals surface area contributed by atoms with Gasteiger partial charge in [0.2, 0.25) is 6.41 Å². The number of hydrogen-bond acceptors (Lipinski definition) is 2. The van der Waals surface area contributed by atoms with E-state index in [2.05, 4.69) is 5.84 Å². The van der Waals surface area contributed by atoms with E-state index < -0.39 is 0 Å². The van der Waals surface area contributed by atoms with Gasteiger partial charge in [0.25, 0.3) is 0 Å². The summed E-state index contributed by atoms with van der Waals surface area (Å²) in [5, 5.41) is 0. The Hall–Kier alpha value is -0.610. The van der Waals surface area contributed by atoms with Gasteiger partial charge >= 0.3 is 0 Å². The summed E-state index contributed by atoms with van der Waals surface area (Å²) in [6, 6.07) is 0. The summed E-state index contributed by atoms with van der Waals surface area (Å²) in [5.41, 5.74) is 1.75. The summed E-state index contributed by atoms with van der Waals surface area (Å²) in [5.74, 6) is 4.41. The van der Waals surface area contributed by atoms with E-state index in [1.54, 1.807) is 5.43 Å². The van der Waals surface area contributed by atoms with Gasteiger partial charge in [-0.2, -0.15) is 0 Å². The third kappa shape index (κ3) is 43.1. The van der Waals surface area contributed by atoms with Crippen LogP contribution < -0.4 is 11.3 Å². The molecule has 0 unspecified atom stereocenters. The average Bonchev–Trinajstić information content (AvgIpc) is 1.37. The lowest BCUT2D eigenvalue weighted by Gasteiger charge is -1.66. The van der Waals surface area contributed by atoms with E-state index in [0.717, 1.165) is 0 Å². The minimum absolute atomic E-state index is 0. The van der Waals surface area contributed by atoms with Gasteiger partial charge < -0.3 is 5.48 Å². The second-order valence-corrected chi connectivity index (χ2v) is 0.285. The van der Waals surface area contributed by atoms with Crippen LogP contribution in [-0.2, 0) is 4.79 Å². The molecule has 32 valence electrons. The number of rotatable bonds is 1. The van der Waals surface area contributed by atoms with E-state index >= 15 is 0 Å². The minimum Gasteiger partial charge on any atom is -0.412 e. The zero-order chi connectivity index (χ0) is 3.41. The number of hydrogen-bond donors (Lipinski definition) is 2. The SMILES string of the molecule is NNC=O.O. The molecular weight excluding hydrogens is 72.0 g/mol. The Labute approximate surface area is 29.2 Å². The van der Waals surface area contributed by atoms with Crippen molar-refractivity contribution >= 4 is 6.41 Å². The highest BCUT2D eigenvalue weighted by atomic mass is 16.1. The Morgan fingerprint density at radius 1 is 1.80 bits per heavy atom. The molecule has 0 bridgehead atoms. The van der Waals surface area contributed by atoms with Crippen molar-refractivity contribution in [3.8, 4) is 0 Å². The van der Waals surface area contributed by atoms with Crippen molar-refractivity contribution in [2.45, 2.75) is 0 Å². The predicted octanol–water partition coefficient (Wildman–Crippen LogP) is -2.22. The maximum atomic E-state index is 8.94. The highest BCUT2D eigenvalue weighted by Crippen LogP contribution is 0.992. The first kappa shape index (κ1) is 8.83. The summed E-state index contributed by atoms with van der Waals surface area (Å²) in [6.07, 6.45) is 0.403. The third-order valence-electron chi connectivity index (χ3n) is 0.0680. The molecule has 0 spiro atoms. The standard InChI is InChI=1S/CH4N2O.H2O/c2-3-1-4;/h1H,2H2,(H,3,4);1H2. The fraction of sp³-hybridized carbons (Fsp3) is 0. The van der Waals surface area contributed by atoms with E-state index in [9.17, 15) is 0 Å². The fourth-order valence-electron chi connectivity index (χ4n) is 0. The first-order chi connectivity index (χ1) is 1.91. The number of nitrogens with one attached hydrogen (secondary N) is 1. The van der Waals surface area contributed by atoms with Crippen LogP contribution in [-0.4, -0.2) is 11.9 Å². The molecule has 0 aromatic heterocycles. The van der Waals surface area contributed by atoms with Crippen molar-refractivity contribution in [2.75, 3.05) is 0 Å². The molecule has 0 heterocycles. The molecule has 0 saturated carbocycles. The lowest BCUT2D eigenvalue weighted by Crippen LogP contribution is -2.18. The van der Waals surface area contributed by atoms with E-state index in [0.29, 0.717) is 6.41 Å². The largest absolute Gasteiger partial charge is 0.412 e. The monoisotopic (exact) mass is 78.0 g/mol. The van der Waals surface area contributed by atoms with Crippen LogP contribution in [0.25, 0.3) is 0 Å². The van der Waals surface area contributed by atoms with Gasteiger partial charge in [-0.3, -0.25) is 10.2 Å². The summed E-state index contributed by atoms with van der Waals surface area (Å²) < 4.78 is 0. The van der Waals surface area contributed by atoms with Gasteiger partial charge in [-0.1, -0.05) is 0 Å². The molecule has 0 atom stereocenters. The summed E-state index contributed by atoms with van der Waals surface area (Å²) in [4.78, 5) is 8.94. The van der Waals surface area contributed by atoms with Crippen molar-refractivity contribution in [2.24, 2.45) is 5.84 Å². The molecule has 4 nitrogen and oxygen atoms in total. The van der Waals surface area contributed by atoms with Crippen LogP contribution in [0.2, 0.25) is 0 Å². The maximum Gasteiger partial charge on any atom is 0.221 e. The number of nitrogens with two attached hydrogens (primary N) is 1. The fourth-order valence-corrected chi connectivity index (χ4v) is 0. The highest BCUT2D eigenvalue weighted by Gasteiger charge is 1.42. The summed E-state index contributed by atoms with van der Waals surface area (Å²) >= 11 is 0. The Bertz CT molecular complexity index is 21.6. The van der Waals surface area contributed by atoms with Crippen molar-refractivity contribution in [1.82, 2.24) is 5.43 Å². The normalized spacial score (nSPS) is 4.20. The van der Waals surface area contributed by atoms with E-state index in [1.807, 2.05) is 0 Å². The van der Waals surface area contributed by atoms with Gasteiger partial charge in [-0.05, 0) is 0 Å². The Kier molecular flexibility index (Phi) is 17.7. The number of carbonyl (C=O) groups is 1. The summed E-state index contributed by atoms with van der Waals surface area (Å²) in [7, 11) is 0. The molecule has 0 radical (unpaired) electrons. The molecule has 4 heteroatoms. The molecule has 5 heavy (non-hydrogen) atoms. The van der Waals surface area contributed by atoms with Crippen LogP contribution in [0.3, 0.4) is 0 Å². The third-order valence-corrected chi connectivity index (χ3v) is 0.0680. The van der Waals surface area contributed by atoms with Crippen LogP contribution in [0.1, 0.15) is 0 Å². The molecule has 0 saturated heterocycles. The van der Waals surface area contributed by atoms with Gasteiger partial charge in [-0.15, -0.1) is 0 Å². The Balaban J connectivity index is 0. The van der Waals surface area contributed by atoms with Crippen molar-refractivity contribution in [3.63, 3.8) is 0 Å². The van der Waals surface area contributed by atoms with Crippen molar-refractivity contribution in [3.05, 3.63) is 0 Å². The number of amides is 1. The van der Waals surface area contributed by atoms with Crippen LogP contribution in [0.4, 0.5) is 0 Å². The zero-order valence-corrected chi connectivity index (χ0v) is 2.56. The molecule has 0 aliphatic heterocycles. The average molecular weight is 78.1 g/mol. The Morgan fingerprint density at radius 2 is 2.00 bits per heavy atom. The van der Waals surface area contributed by atoms with Crippen LogP contribution in [0.15, 0.2) is 0 Å². The molecule has 0 fully saturated rings. The molecule has 1 amide bonds. The smallest absolute Gasteiger partial charge is 0.221 e. The first-order valence-electron chi connectivity index (χ1n) is 0.813. The minimum atomic E-state index is 0. The van der Waals surface area contributed by atoms with Gasteiger partial charge in [0.1, 0.15) is 0 Å². The molecule has 5 N–H and O–H groups in total. The molecule has 0 aliphatic rings. The molecule has 0 aromatic rings. The zero-order valence-electron chi connectivity index (χ0n) is 2.56. The van der Waals surface area contributed by atoms with E-state index in [1.165, 1.54) is 0 Å². The maximum absolute atomic E-state index is 8.94. The lowest BCUT2D eigenvalue weighted by molar-refractivity contribution is -0.109. The van der Waals surface area contributed by atoms with Crippen LogP contribution in [0, 0.1) is 0 Å². The number of carbonyl (C=O) groups excluding carboxylic acids is 1. The predicted molar refractivity (Wildman–Crippen MR) is 17.0 cm³/mol. The van der Waals surface area contributed by atoms with E-state index in [4.69, 9.17) is 4.79 Å². The van der Waals surface area contributed by atoms with Gasteiger partial charge in [-0.25, -0.2) is 5.84 Å². The topological polar surface area (TPSA) is 86.6 Å². The van der Waals surface area contributed by atoms with Gasteiger partial charge in [0, 0.05) is 0 Å². The molecular formula is CH6N2O2. The molecule has 0 aliphatic carbocycles. The molecule has 0 aromatic carbocycles. The van der Waals surface area contributed by atoms with Crippen molar-refractivity contribution < 1.29 is 10.3 Å². The second-order valence-electron chi connectivity index (χ2n) is 0.285. The first-order valence-corrected chi connectivity index (χ1v) is 0.813. The highest BCUT2D eigenvalue weighted by molar-refractivity contribution is 5.44. The second kappa shape index (κ2) is 10.0. The van der Waals surface area contributed by atoms with Gasteiger partial charge in [0.05, 0.1) is 0 Å². The van der Waals surface area contributed by atoms with Gasteiger partial charge in [0.15, 0.2) is 0 Å². The van der Waals surface area contributed by atoms with Crippen molar-refractivity contribution in [1.29, 1.82) is 0 Å². The molecule has 0 rings (SSSR count). The van der Waals surface area contributed by atoms with E-state index in [-0.39, 0.29) is 5.48 Å². The lowest BCUT2D eigenvalue weighted by atomic mass is 11.4. The van der Waals surface area contributed by atoms with Crippen LogP contribution in [0.5, 0.6) is 0 Å².